The van der Waals surface area contributed by atoms with E-state index in [4.69, 9.17) is 10.2 Å². The number of hydrogen-bond donors (Lipinski definition) is 0. The van der Waals surface area contributed by atoms with E-state index in [1.807, 2.05) is 120 Å². The minimum absolute atomic E-state index is 0.170. The fraction of sp³-hybridized carbons (Fsp3) is 0.114. The van der Waals surface area contributed by atoms with Crippen LogP contribution in [0, 0.1) is 0 Å². The van der Waals surface area contributed by atoms with Crippen LogP contribution in [0.5, 0.6) is 0 Å². The van der Waals surface area contributed by atoms with Gasteiger partial charge in [-0.3, -0.25) is 4.79 Å². The molecule has 1 amide bonds. The van der Waals surface area contributed by atoms with Crippen molar-refractivity contribution in [1.29, 1.82) is 0 Å². The lowest BCUT2D eigenvalue weighted by molar-refractivity contribution is -0.114. The number of thioether (sulfide) groups is 1. The maximum absolute atomic E-state index is 13.9. The number of hydrogen-bond acceptors (Lipinski definition) is 4. The zero-order chi connectivity index (χ0) is 28.0. The van der Waals surface area contributed by atoms with Crippen molar-refractivity contribution < 1.29 is 4.79 Å². The van der Waals surface area contributed by atoms with E-state index in [2.05, 4.69) is 31.2 Å². The van der Waals surface area contributed by atoms with E-state index in [0.717, 1.165) is 39.5 Å². The van der Waals surface area contributed by atoms with Crippen LogP contribution in [-0.2, 0) is 4.79 Å². The van der Waals surface area contributed by atoms with Gasteiger partial charge in [-0.2, -0.15) is 15.2 Å². The Labute approximate surface area is 244 Å². The van der Waals surface area contributed by atoms with Crippen molar-refractivity contribution in [1.82, 2.24) is 9.78 Å². The molecule has 1 aliphatic rings. The average Bonchev–Trinajstić information content (AvgIpc) is 3.60. The number of unbranched alkanes of at least 4 members (excludes halogenated alkanes) is 1. The second-order valence-electron chi connectivity index (χ2n) is 9.76. The lowest BCUT2D eigenvalue weighted by Gasteiger charge is -2.10. The van der Waals surface area contributed by atoms with Gasteiger partial charge in [-0.25, -0.2) is 4.68 Å². The van der Waals surface area contributed by atoms with Gasteiger partial charge >= 0.3 is 0 Å². The first kappa shape index (κ1) is 26.5. The Morgan fingerprint density at radius 3 is 2.05 bits per heavy atom. The van der Waals surface area contributed by atoms with Gasteiger partial charge in [0.2, 0.25) is 0 Å². The Bertz CT molecular complexity index is 1690. The molecule has 2 heterocycles. The molecular formula is C35H30N4OS. The molecule has 0 saturated heterocycles. The van der Waals surface area contributed by atoms with E-state index >= 15 is 0 Å². The molecule has 0 atom stereocenters. The fourth-order valence-corrected chi connectivity index (χ4v) is 5.72. The summed E-state index contributed by atoms with van der Waals surface area (Å²) < 4.78 is 1.87. The summed E-state index contributed by atoms with van der Waals surface area (Å²) in [5.74, 6) is 0.938. The fourth-order valence-electron chi connectivity index (χ4n) is 4.73. The van der Waals surface area contributed by atoms with E-state index in [1.54, 1.807) is 0 Å². The molecule has 6 rings (SSSR count). The van der Waals surface area contributed by atoms with E-state index in [0.29, 0.717) is 11.3 Å². The number of benzene rings is 4. The van der Waals surface area contributed by atoms with Gasteiger partial charge in [0, 0.05) is 27.8 Å². The van der Waals surface area contributed by atoms with Gasteiger partial charge in [-0.15, -0.1) is 11.8 Å². The Balaban J connectivity index is 1.45. The number of anilines is 1. The maximum atomic E-state index is 13.9. The molecule has 6 heteroatoms. The Morgan fingerprint density at radius 1 is 0.756 bits per heavy atom. The first-order chi connectivity index (χ1) is 20.2. The van der Waals surface area contributed by atoms with Crippen molar-refractivity contribution in [2.24, 2.45) is 5.10 Å². The third-order valence-electron chi connectivity index (χ3n) is 6.88. The molecule has 0 N–H and O–H groups in total. The summed E-state index contributed by atoms with van der Waals surface area (Å²) in [6.45, 7) is 2.21. The van der Waals surface area contributed by atoms with Crippen LogP contribution in [0.15, 0.2) is 137 Å². The van der Waals surface area contributed by atoms with Gasteiger partial charge in [-0.1, -0.05) is 92.2 Å². The van der Waals surface area contributed by atoms with Crippen LogP contribution in [-0.4, -0.2) is 27.2 Å². The molecule has 0 radical (unpaired) electrons. The van der Waals surface area contributed by atoms with Crippen LogP contribution in [0.1, 0.15) is 30.9 Å². The molecule has 0 bridgehead atoms. The number of carbonyl (C=O) groups excluding carboxylic acids is 1. The Hall–Kier alpha value is -4.68. The van der Waals surface area contributed by atoms with Crippen LogP contribution in [0.3, 0.4) is 0 Å². The highest BCUT2D eigenvalue weighted by atomic mass is 32.2. The molecular weight excluding hydrogens is 524 g/mol. The van der Waals surface area contributed by atoms with Gasteiger partial charge in [0.25, 0.3) is 5.91 Å². The largest absolute Gasteiger partial charge is 0.281 e. The minimum atomic E-state index is -0.170. The van der Waals surface area contributed by atoms with Crippen molar-refractivity contribution >= 4 is 35.1 Å². The third-order valence-corrected chi connectivity index (χ3v) is 7.98. The Morgan fingerprint density at radius 2 is 1.39 bits per heavy atom. The van der Waals surface area contributed by atoms with Crippen molar-refractivity contribution in [3.8, 4) is 16.9 Å². The molecule has 0 aliphatic carbocycles. The quantitative estimate of drug-likeness (QED) is 0.105. The van der Waals surface area contributed by atoms with Crippen LogP contribution in [0.2, 0.25) is 0 Å². The smallest absolute Gasteiger partial charge is 0.267 e. The number of nitrogens with zero attached hydrogens (tertiary/aromatic N) is 4. The number of amides is 1. The number of rotatable bonds is 9. The Kier molecular flexibility index (Phi) is 7.92. The molecule has 5 nitrogen and oxygen atoms in total. The van der Waals surface area contributed by atoms with Crippen molar-refractivity contribution in [2.45, 2.75) is 24.7 Å². The molecule has 202 valence electrons. The summed E-state index contributed by atoms with van der Waals surface area (Å²) in [7, 11) is 0. The first-order valence-corrected chi connectivity index (χ1v) is 14.8. The molecule has 0 saturated carbocycles. The second kappa shape index (κ2) is 12.2. The molecule has 0 fully saturated rings. The molecule has 41 heavy (non-hydrogen) atoms. The average molecular weight is 555 g/mol. The topological polar surface area (TPSA) is 50.5 Å². The minimum Gasteiger partial charge on any atom is -0.267 e. The lowest BCUT2D eigenvalue weighted by atomic mass is 9.99. The van der Waals surface area contributed by atoms with Crippen LogP contribution < -0.4 is 5.01 Å². The van der Waals surface area contributed by atoms with E-state index in [1.165, 1.54) is 22.7 Å². The standard InChI is InChI=1S/C35H30N4OS/c1-2-3-23-41-31-21-19-27(20-22-31)33-28(25-38(36-33)29-15-9-5-10-16-29)24-32-34(26-13-7-4-8-14-26)37-39(35(32)40)30-17-11-6-12-18-30/h4-22,24-25H,2-3,23H2,1H3. The summed E-state index contributed by atoms with van der Waals surface area (Å²) in [6, 6.07) is 38.0. The predicted octanol–water partition coefficient (Wildman–Crippen LogP) is 8.27. The molecule has 5 aromatic rings. The molecule has 1 aromatic heterocycles. The highest BCUT2D eigenvalue weighted by Gasteiger charge is 2.32. The highest BCUT2D eigenvalue weighted by molar-refractivity contribution is 7.99. The molecule has 4 aromatic carbocycles. The zero-order valence-corrected chi connectivity index (χ0v) is 23.7. The van der Waals surface area contributed by atoms with Crippen molar-refractivity contribution in [3.05, 3.63) is 138 Å². The van der Waals surface area contributed by atoms with Crippen LogP contribution >= 0.6 is 11.8 Å². The van der Waals surface area contributed by atoms with E-state index in [9.17, 15) is 4.79 Å². The molecule has 0 spiro atoms. The van der Waals surface area contributed by atoms with Gasteiger partial charge in [-0.05, 0) is 54.6 Å². The third kappa shape index (κ3) is 5.79. The van der Waals surface area contributed by atoms with Gasteiger partial charge in [0.1, 0.15) is 5.71 Å². The van der Waals surface area contributed by atoms with Gasteiger partial charge in [0.15, 0.2) is 0 Å². The van der Waals surface area contributed by atoms with Crippen molar-refractivity contribution in [2.75, 3.05) is 10.8 Å². The van der Waals surface area contributed by atoms with E-state index < -0.39 is 0 Å². The number of aromatic nitrogens is 2. The van der Waals surface area contributed by atoms with Crippen molar-refractivity contribution in [3.63, 3.8) is 0 Å². The monoisotopic (exact) mass is 554 g/mol. The predicted molar refractivity (Wildman–Crippen MR) is 170 cm³/mol. The summed E-state index contributed by atoms with van der Waals surface area (Å²) in [5.41, 5.74) is 6.38. The van der Waals surface area contributed by atoms with Crippen LogP contribution in [0.25, 0.3) is 23.0 Å². The van der Waals surface area contributed by atoms with Crippen LogP contribution in [0.4, 0.5) is 5.69 Å². The normalized spacial score (nSPS) is 14.1. The summed E-state index contributed by atoms with van der Waals surface area (Å²) in [5, 5.41) is 11.3. The zero-order valence-electron chi connectivity index (χ0n) is 22.9. The number of hydrazone groups is 1. The van der Waals surface area contributed by atoms with Gasteiger partial charge in [0.05, 0.1) is 22.6 Å². The summed E-state index contributed by atoms with van der Waals surface area (Å²) >= 11 is 1.87. The summed E-state index contributed by atoms with van der Waals surface area (Å²) in [4.78, 5) is 15.1. The SMILES string of the molecule is CCCCSc1ccc(-c2nn(-c3ccccc3)cc2C=C2C(=O)N(c3ccccc3)N=C2c2ccccc2)cc1. The highest BCUT2D eigenvalue weighted by Crippen LogP contribution is 2.32. The lowest BCUT2D eigenvalue weighted by Crippen LogP contribution is -2.21. The summed E-state index contributed by atoms with van der Waals surface area (Å²) in [6.07, 6.45) is 6.31. The second-order valence-corrected chi connectivity index (χ2v) is 10.9. The van der Waals surface area contributed by atoms with Gasteiger partial charge < -0.3 is 0 Å². The number of para-hydroxylation sites is 2. The number of carbonyl (C=O) groups is 1. The molecule has 1 aliphatic heterocycles. The van der Waals surface area contributed by atoms with E-state index in [-0.39, 0.29) is 5.91 Å². The molecule has 0 unspecified atom stereocenters. The first-order valence-electron chi connectivity index (χ1n) is 13.8. The maximum Gasteiger partial charge on any atom is 0.281 e.